The van der Waals surface area contributed by atoms with Crippen LogP contribution in [-0.4, -0.2) is 56.6 Å². The Hall–Kier alpha value is -3.56. The van der Waals surface area contributed by atoms with Crippen molar-refractivity contribution in [3.63, 3.8) is 0 Å². The predicted octanol–water partition coefficient (Wildman–Crippen LogP) is 2.55. The van der Waals surface area contributed by atoms with Gasteiger partial charge in [0.05, 0.1) is 12.3 Å². The highest BCUT2D eigenvalue weighted by atomic mass is 16.3. The van der Waals surface area contributed by atoms with Gasteiger partial charge in [0, 0.05) is 37.1 Å². The van der Waals surface area contributed by atoms with Gasteiger partial charge in [0.1, 0.15) is 12.1 Å². The van der Waals surface area contributed by atoms with Gasteiger partial charge >= 0.3 is 0 Å². The lowest BCUT2D eigenvalue weighted by Crippen LogP contribution is -2.20. The summed E-state index contributed by atoms with van der Waals surface area (Å²) < 4.78 is 0. The number of nitrogens with zero attached hydrogens (tertiary/aromatic N) is 5. The summed E-state index contributed by atoms with van der Waals surface area (Å²) in [5, 5.41) is 15.7. The molecule has 0 saturated heterocycles. The van der Waals surface area contributed by atoms with Gasteiger partial charge in [-0.3, -0.25) is 4.90 Å². The minimum absolute atomic E-state index is 0.141. The van der Waals surface area contributed by atoms with E-state index < -0.39 is 0 Å². The SMILES string of the molecule is C=C(O)CN(C)Cc1cccc(Nc2ncnc(-c3ccnc(NCCN)c3)n2)c1. The van der Waals surface area contributed by atoms with E-state index in [1.165, 1.54) is 6.33 Å². The van der Waals surface area contributed by atoms with Crippen LogP contribution in [0.4, 0.5) is 17.5 Å². The van der Waals surface area contributed by atoms with Crippen LogP contribution in [0.5, 0.6) is 0 Å². The second-order valence-electron chi connectivity index (χ2n) is 6.84. The molecule has 30 heavy (non-hydrogen) atoms. The summed E-state index contributed by atoms with van der Waals surface area (Å²) in [5.41, 5.74) is 8.30. The lowest BCUT2D eigenvalue weighted by molar-refractivity contribution is 0.285. The molecule has 0 aliphatic carbocycles. The van der Waals surface area contributed by atoms with Crippen LogP contribution in [0, 0.1) is 0 Å². The van der Waals surface area contributed by atoms with E-state index in [2.05, 4.69) is 37.1 Å². The molecule has 0 spiro atoms. The van der Waals surface area contributed by atoms with Gasteiger partial charge in [-0.2, -0.15) is 4.98 Å². The summed E-state index contributed by atoms with van der Waals surface area (Å²) in [4.78, 5) is 19.3. The average molecular weight is 406 g/mol. The van der Waals surface area contributed by atoms with Crippen LogP contribution in [-0.2, 0) is 6.54 Å². The van der Waals surface area contributed by atoms with Gasteiger partial charge in [-0.05, 0) is 36.9 Å². The van der Waals surface area contributed by atoms with Crippen LogP contribution in [0.25, 0.3) is 11.4 Å². The molecule has 0 atom stereocenters. The van der Waals surface area contributed by atoms with Crippen molar-refractivity contribution in [2.45, 2.75) is 6.54 Å². The second-order valence-corrected chi connectivity index (χ2v) is 6.84. The molecule has 2 aromatic heterocycles. The molecular formula is C21H26N8O. The van der Waals surface area contributed by atoms with Crippen molar-refractivity contribution in [2.24, 2.45) is 5.73 Å². The Bertz CT molecular complexity index is 994. The third-order valence-electron chi connectivity index (χ3n) is 4.13. The smallest absolute Gasteiger partial charge is 0.230 e. The molecule has 0 aliphatic heterocycles. The molecule has 0 amide bonds. The Morgan fingerprint density at radius 3 is 2.87 bits per heavy atom. The van der Waals surface area contributed by atoms with Crippen LogP contribution < -0.4 is 16.4 Å². The fraction of sp³-hybridized carbons (Fsp3) is 0.238. The quantitative estimate of drug-likeness (QED) is 0.376. The van der Waals surface area contributed by atoms with Crippen molar-refractivity contribution in [3.8, 4) is 11.4 Å². The third kappa shape index (κ3) is 6.23. The summed E-state index contributed by atoms with van der Waals surface area (Å²) in [6.07, 6.45) is 3.18. The first-order valence-corrected chi connectivity index (χ1v) is 9.54. The standard InChI is InChI=1S/C21H26N8O/c1-15(30)12-29(2)13-16-4-3-5-18(10-16)27-21-26-14-25-20(28-21)17-6-8-23-19(11-17)24-9-7-22/h3-6,8,10-11,14,30H,1,7,9,12-13,22H2,2H3,(H,23,24)(H,25,26,27,28). The molecule has 3 aromatic rings. The van der Waals surface area contributed by atoms with Gasteiger partial charge < -0.3 is 21.5 Å². The second kappa shape index (κ2) is 10.3. The van der Waals surface area contributed by atoms with E-state index >= 15 is 0 Å². The topological polar surface area (TPSA) is 125 Å². The van der Waals surface area contributed by atoms with E-state index in [-0.39, 0.29) is 5.76 Å². The molecule has 9 nitrogen and oxygen atoms in total. The number of nitrogens with two attached hydrogens (primary N) is 1. The summed E-state index contributed by atoms with van der Waals surface area (Å²) in [6.45, 7) is 5.78. The predicted molar refractivity (Wildman–Crippen MR) is 118 cm³/mol. The molecule has 0 fully saturated rings. The summed E-state index contributed by atoms with van der Waals surface area (Å²) in [6, 6.07) is 11.7. The van der Waals surface area contributed by atoms with Gasteiger partial charge in [0.15, 0.2) is 5.82 Å². The van der Waals surface area contributed by atoms with Gasteiger partial charge in [-0.1, -0.05) is 18.7 Å². The Kier molecular flexibility index (Phi) is 7.25. The lowest BCUT2D eigenvalue weighted by atomic mass is 10.2. The summed E-state index contributed by atoms with van der Waals surface area (Å²) >= 11 is 0. The van der Waals surface area contributed by atoms with E-state index in [4.69, 9.17) is 5.73 Å². The van der Waals surface area contributed by atoms with Gasteiger partial charge in [-0.25, -0.2) is 15.0 Å². The normalized spacial score (nSPS) is 10.8. The van der Waals surface area contributed by atoms with E-state index in [0.29, 0.717) is 38.0 Å². The van der Waals surface area contributed by atoms with Crippen LogP contribution in [0.15, 0.2) is 61.3 Å². The fourth-order valence-corrected chi connectivity index (χ4v) is 2.92. The van der Waals surface area contributed by atoms with E-state index in [0.717, 1.165) is 22.6 Å². The minimum atomic E-state index is 0.141. The molecule has 0 saturated carbocycles. The van der Waals surface area contributed by atoms with Crippen LogP contribution in [0.1, 0.15) is 5.56 Å². The van der Waals surface area contributed by atoms with E-state index in [9.17, 15) is 5.11 Å². The Labute approximate surface area is 175 Å². The van der Waals surface area contributed by atoms with Crippen molar-refractivity contribution in [1.29, 1.82) is 0 Å². The highest BCUT2D eigenvalue weighted by Crippen LogP contribution is 2.20. The van der Waals surface area contributed by atoms with Crippen LogP contribution >= 0.6 is 0 Å². The molecule has 0 radical (unpaired) electrons. The number of aliphatic hydroxyl groups is 1. The largest absolute Gasteiger partial charge is 0.512 e. The highest BCUT2D eigenvalue weighted by Gasteiger charge is 2.07. The zero-order valence-corrected chi connectivity index (χ0v) is 16.9. The molecule has 0 bridgehead atoms. The first-order chi connectivity index (χ1) is 14.5. The maximum absolute atomic E-state index is 9.35. The Morgan fingerprint density at radius 1 is 1.20 bits per heavy atom. The zero-order chi connectivity index (χ0) is 21.3. The maximum Gasteiger partial charge on any atom is 0.230 e. The number of hydrogen-bond acceptors (Lipinski definition) is 9. The maximum atomic E-state index is 9.35. The molecular weight excluding hydrogens is 380 g/mol. The highest BCUT2D eigenvalue weighted by molar-refractivity contribution is 5.61. The van der Waals surface area contributed by atoms with Gasteiger partial charge in [0.25, 0.3) is 0 Å². The minimum Gasteiger partial charge on any atom is -0.512 e. The molecule has 2 heterocycles. The first kappa shape index (κ1) is 21.2. The number of likely N-dealkylation sites (N-methyl/N-ethyl adjacent to an activating group) is 1. The Morgan fingerprint density at radius 2 is 2.07 bits per heavy atom. The number of benzene rings is 1. The molecule has 1 aromatic carbocycles. The molecule has 0 aliphatic rings. The van der Waals surface area contributed by atoms with Crippen molar-refractivity contribution >= 4 is 17.5 Å². The number of pyridine rings is 1. The third-order valence-corrected chi connectivity index (χ3v) is 4.13. The molecule has 0 unspecified atom stereocenters. The van der Waals surface area contributed by atoms with Crippen molar-refractivity contribution < 1.29 is 5.11 Å². The number of aliphatic hydroxyl groups excluding tert-OH is 1. The van der Waals surface area contributed by atoms with E-state index in [1.54, 1.807) is 6.20 Å². The van der Waals surface area contributed by atoms with Crippen molar-refractivity contribution in [3.05, 3.63) is 66.8 Å². The molecule has 3 rings (SSSR count). The number of hydrogen-bond donors (Lipinski definition) is 4. The first-order valence-electron chi connectivity index (χ1n) is 9.54. The average Bonchev–Trinajstić information content (AvgIpc) is 2.72. The number of anilines is 3. The summed E-state index contributed by atoms with van der Waals surface area (Å²) in [5.74, 6) is 1.85. The number of nitrogens with one attached hydrogen (secondary N) is 2. The van der Waals surface area contributed by atoms with Gasteiger partial charge in [0.2, 0.25) is 5.95 Å². The molecule has 156 valence electrons. The molecule has 5 N–H and O–H groups in total. The van der Waals surface area contributed by atoms with E-state index in [1.807, 2.05) is 48.3 Å². The number of aromatic nitrogens is 4. The van der Waals surface area contributed by atoms with Crippen LogP contribution in [0.3, 0.4) is 0 Å². The lowest BCUT2D eigenvalue weighted by Gasteiger charge is -2.16. The fourth-order valence-electron chi connectivity index (χ4n) is 2.92. The number of rotatable bonds is 10. The van der Waals surface area contributed by atoms with Crippen LogP contribution in [0.2, 0.25) is 0 Å². The van der Waals surface area contributed by atoms with Gasteiger partial charge in [-0.15, -0.1) is 0 Å². The van der Waals surface area contributed by atoms with Crippen molar-refractivity contribution in [1.82, 2.24) is 24.8 Å². The summed E-state index contributed by atoms with van der Waals surface area (Å²) in [7, 11) is 1.92. The zero-order valence-electron chi connectivity index (χ0n) is 16.9. The van der Waals surface area contributed by atoms with Crippen molar-refractivity contribution in [2.75, 3.05) is 37.3 Å². The molecule has 9 heteroatoms. The Balaban J connectivity index is 1.73. The monoisotopic (exact) mass is 406 g/mol.